The predicted octanol–water partition coefficient (Wildman–Crippen LogP) is 3.36. The molecule has 94 valence electrons. The van der Waals surface area contributed by atoms with E-state index in [1.54, 1.807) is 6.92 Å². The molecule has 0 aromatic heterocycles. The van der Waals surface area contributed by atoms with Crippen molar-refractivity contribution in [3.05, 3.63) is 0 Å². The molecule has 0 radical (unpaired) electrons. The van der Waals surface area contributed by atoms with E-state index in [4.69, 9.17) is 0 Å². The van der Waals surface area contributed by atoms with Crippen LogP contribution in [0.5, 0.6) is 0 Å². The average Bonchev–Trinajstić information content (AvgIpc) is 2.16. The van der Waals surface area contributed by atoms with Crippen molar-refractivity contribution in [3.8, 4) is 0 Å². The lowest BCUT2D eigenvalue weighted by Crippen LogP contribution is -2.49. The van der Waals surface area contributed by atoms with Crippen LogP contribution in [0.25, 0.3) is 0 Å². The molecule has 1 aliphatic rings. The molecule has 0 heterocycles. The van der Waals surface area contributed by atoms with Gasteiger partial charge in [-0.05, 0) is 57.3 Å². The van der Waals surface area contributed by atoms with Crippen molar-refractivity contribution >= 4 is 5.91 Å². The maximum absolute atomic E-state index is 11.2. The minimum atomic E-state index is -0.0339. The van der Waals surface area contributed by atoms with Gasteiger partial charge in [-0.15, -0.1) is 0 Å². The Labute approximate surface area is 100 Å². The van der Waals surface area contributed by atoms with E-state index < -0.39 is 0 Å². The molecule has 1 saturated carbocycles. The summed E-state index contributed by atoms with van der Waals surface area (Å²) in [5.41, 5.74) is -0.0339. The first-order valence-corrected chi connectivity index (χ1v) is 6.61. The summed E-state index contributed by atoms with van der Waals surface area (Å²) < 4.78 is 0. The molecule has 1 aliphatic carbocycles. The minimum absolute atomic E-state index is 0.0339. The second-order valence-electron chi connectivity index (χ2n) is 6.26. The highest BCUT2D eigenvalue weighted by molar-refractivity contribution is 5.73. The quantitative estimate of drug-likeness (QED) is 0.784. The van der Waals surface area contributed by atoms with Gasteiger partial charge < -0.3 is 5.32 Å². The Kier molecular flexibility index (Phi) is 4.40. The zero-order valence-electron chi connectivity index (χ0n) is 11.5. The highest BCUT2D eigenvalue weighted by atomic mass is 16.1. The molecule has 0 aromatic carbocycles. The SMILES string of the molecule is CC(=O)NC(C)(C)C1CCC(C(C)C)CC1. The van der Waals surface area contributed by atoms with Crippen LogP contribution in [-0.4, -0.2) is 11.4 Å². The Balaban J connectivity index is 2.49. The van der Waals surface area contributed by atoms with Gasteiger partial charge in [0.25, 0.3) is 0 Å². The van der Waals surface area contributed by atoms with Gasteiger partial charge in [0.05, 0.1) is 0 Å². The van der Waals surface area contributed by atoms with Crippen LogP contribution in [0, 0.1) is 17.8 Å². The largest absolute Gasteiger partial charge is 0.351 e. The topological polar surface area (TPSA) is 29.1 Å². The van der Waals surface area contributed by atoms with Gasteiger partial charge in [0.15, 0.2) is 0 Å². The van der Waals surface area contributed by atoms with Crippen molar-refractivity contribution in [2.24, 2.45) is 17.8 Å². The maximum atomic E-state index is 11.2. The summed E-state index contributed by atoms with van der Waals surface area (Å²) in [5.74, 6) is 2.44. The van der Waals surface area contributed by atoms with Gasteiger partial charge in [-0.25, -0.2) is 0 Å². The summed E-state index contributed by atoms with van der Waals surface area (Å²) in [7, 11) is 0. The lowest BCUT2D eigenvalue weighted by atomic mass is 9.70. The number of carbonyl (C=O) groups is 1. The first-order chi connectivity index (χ1) is 7.33. The fourth-order valence-electron chi connectivity index (χ4n) is 3.06. The molecule has 0 spiro atoms. The molecule has 16 heavy (non-hydrogen) atoms. The molecule has 1 rings (SSSR count). The van der Waals surface area contributed by atoms with Crippen LogP contribution in [0.3, 0.4) is 0 Å². The van der Waals surface area contributed by atoms with Crippen LogP contribution in [0.4, 0.5) is 0 Å². The highest BCUT2D eigenvalue weighted by Gasteiger charge is 2.34. The molecule has 1 N–H and O–H groups in total. The highest BCUT2D eigenvalue weighted by Crippen LogP contribution is 2.38. The summed E-state index contributed by atoms with van der Waals surface area (Å²) in [6.07, 6.45) is 5.17. The fourth-order valence-corrected chi connectivity index (χ4v) is 3.06. The van der Waals surface area contributed by atoms with Crippen LogP contribution >= 0.6 is 0 Å². The summed E-state index contributed by atoms with van der Waals surface area (Å²) in [5, 5.41) is 3.09. The van der Waals surface area contributed by atoms with Crippen LogP contribution in [-0.2, 0) is 4.79 Å². The number of hydrogen-bond acceptors (Lipinski definition) is 1. The first-order valence-electron chi connectivity index (χ1n) is 6.61. The number of nitrogens with one attached hydrogen (secondary N) is 1. The van der Waals surface area contributed by atoms with Crippen molar-refractivity contribution in [2.45, 2.75) is 65.8 Å². The van der Waals surface area contributed by atoms with E-state index in [1.165, 1.54) is 25.7 Å². The zero-order valence-corrected chi connectivity index (χ0v) is 11.5. The monoisotopic (exact) mass is 225 g/mol. The number of rotatable bonds is 3. The van der Waals surface area contributed by atoms with Gasteiger partial charge >= 0.3 is 0 Å². The standard InChI is InChI=1S/C14H27NO/c1-10(2)12-6-8-13(9-7-12)14(4,5)15-11(3)16/h10,12-13H,6-9H2,1-5H3,(H,15,16). The molecule has 0 aromatic rings. The number of carbonyl (C=O) groups excluding carboxylic acids is 1. The molecule has 1 fully saturated rings. The molecule has 1 amide bonds. The molecule has 0 atom stereocenters. The van der Waals surface area contributed by atoms with Gasteiger partial charge in [-0.1, -0.05) is 13.8 Å². The lowest BCUT2D eigenvalue weighted by molar-refractivity contribution is -0.121. The summed E-state index contributed by atoms with van der Waals surface area (Å²) in [6, 6.07) is 0. The van der Waals surface area contributed by atoms with E-state index in [9.17, 15) is 4.79 Å². The van der Waals surface area contributed by atoms with Crippen molar-refractivity contribution in [1.82, 2.24) is 5.32 Å². The third kappa shape index (κ3) is 3.50. The summed E-state index contributed by atoms with van der Waals surface area (Å²) in [6.45, 7) is 10.6. The van der Waals surface area contributed by atoms with Crippen LogP contribution in [0.15, 0.2) is 0 Å². The molecule has 0 bridgehead atoms. The first kappa shape index (κ1) is 13.5. The van der Waals surface area contributed by atoms with E-state index in [2.05, 4.69) is 33.0 Å². The summed E-state index contributed by atoms with van der Waals surface area (Å²) in [4.78, 5) is 11.2. The Morgan fingerprint density at radius 3 is 2.06 bits per heavy atom. The lowest BCUT2D eigenvalue weighted by Gasteiger charge is -2.40. The molecule has 2 nitrogen and oxygen atoms in total. The van der Waals surface area contributed by atoms with Crippen molar-refractivity contribution < 1.29 is 4.79 Å². The Morgan fingerprint density at radius 2 is 1.69 bits per heavy atom. The Bertz CT molecular complexity index is 237. The number of amides is 1. The number of hydrogen-bond donors (Lipinski definition) is 1. The Morgan fingerprint density at radius 1 is 1.19 bits per heavy atom. The van der Waals surface area contributed by atoms with Crippen LogP contribution in [0.1, 0.15) is 60.3 Å². The average molecular weight is 225 g/mol. The van der Waals surface area contributed by atoms with E-state index in [0.717, 1.165) is 11.8 Å². The molecular formula is C14H27NO. The van der Waals surface area contributed by atoms with Crippen molar-refractivity contribution in [2.75, 3.05) is 0 Å². The predicted molar refractivity (Wildman–Crippen MR) is 68.2 cm³/mol. The van der Waals surface area contributed by atoms with Gasteiger partial charge in [0.2, 0.25) is 5.91 Å². The van der Waals surface area contributed by atoms with Crippen LogP contribution < -0.4 is 5.32 Å². The second kappa shape index (κ2) is 5.20. The molecule has 0 saturated heterocycles. The van der Waals surface area contributed by atoms with Crippen molar-refractivity contribution in [1.29, 1.82) is 0 Å². The third-order valence-corrected chi connectivity index (χ3v) is 4.23. The maximum Gasteiger partial charge on any atom is 0.217 e. The van der Waals surface area contributed by atoms with E-state index in [0.29, 0.717) is 5.92 Å². The smallest absolute Gasteiger partial charge is 0.217 e. The molecule has 0 unspecified atom stereocenters. The van der Waals surface area contributed by atoms with Gasteiger partial charge in [0, 0.05) is 12.5 Å². The minimum Gasteiger partial charge on any atom is -0.351 e. The van der Waals surface area contributed by atoms with E-state index in [1.807, 2.05) is 0 Å². The fraction of sp³-hybridized carbons (Fsp3) is 0.929. The van der Waals surface area contributed by atoms with E-state index in [-0.39, 0.29) is 11.4 Å². The molecular weight excluding hydrogens is 198 g/mol. The van der Waals surface area contributed by atoms with Crippen molar-refractivity contribution in [3.63, 3.8) is 0 Å². The van der Waals surface area contributed by atoms with Gasteiger partial charge in [0.1, 0.15) is 0 Å². The van der Waals surface area contributed by atoms with Gasteiger partial charge in [-0.3, -0.25) is 4.79 Å². The third-order valence-electron chi connectivity index (χ3n) is 4.23. The van der Waals surface area contributed by atoms with Gasteiger partial charge in [-0.2, -0.15) is 0 Å². The van der Waals surface area contributed by atoms with Crippen LogP contribution in [0.2, 0.25) is 0 Å². The molecule has 0 aliphatic heterocycles. The summed E-state index contributed by atoms with van der Waals surface area (Å²) >= 11 is 0. The Hall–Kier alpha value is -0.530. The second-order valence-corrected chi connectivity index (χ2v) is 6.26. The zero-order chi connectivity index (χ0) is 12.3. The van der Waals surface area contributed by atoms with E-state index >= 15 is 0 Å². The molecule has 2 heteroatoms. The normalized spacial score (nSPS) is 26.9.